The predicted octanol–water partition coefficient (Wildman–Crippen LogP) is 1.31. The van der Waals surface area contributed by atoms with Gasteiger partial charge in [-0.3, -0.25) is 4.79 Å². The lowest BCUT2D eigenvalue weighted by atomic mass is 10.3. The highest BCUT2D eigenvalue weighted by Crippen LogP contribution is 2.09. The van der Waals surface area contributed by atoms with E-state index in [1.807, 2.05) is 0 Å². The molecule has 0 amide bonds. The average molecular weight is 198 g/mol. The van der Waals surface area contributed by atoms with Crippen LogP contribution in [0.2, 0.25) is 0 Å². The van der Waals surface area contributed by atoms with Gasteiger partial charge in [-0.2, -0.15) is 0 Å². The Morgan fingerprint density at radius 1 is 1.43 bits per heavy atom. The van der Waals surface area contributed by atoms with Crippen LogP contribution in [-0.2, 0) is 4.79 Å². The van der Waals surface area contributed by atoms with Gasteiger partial charge in [0.2, 0.25) is 0 Å². The fraction of sp³-hybridized carbons (Fsp3) is 0.300. The fourth-order valence-electron chi connectivity index (χ4n) is 0.909. The number of carbonyl (C=O) groups is 1. The third kappa shape index (κ3) is 3.53. The highest BCUT2D eigenvalue weighted by Gasteiger charge is 2.11. The molecule has 14 heavy (non-hydrogen) atoms. The van der Waals surface area contributed by atoms with Crippen molar-refractivity contribution in [1.82, 2.24) is 0 Å². The minimum Gasteiger partial charge on any atom is -0.426 e. The van der Waals surface area contributed by atoms with Crippen molar-refractivity contribution >= 4 is 5.97 Å². The van der Waals surface area contributed by atoms with E-state index in [0.717, 1.165) is 0 Å². The van der Waals surface area contributed by atoms with Gasteiger partial charge in [0, 0.05) is 0 Å². The van der Waals surface area contributed by atoms with E-state index in [-0.39, 0.29) is 6.42 Å². The second-order valence-corrected chi connectivity index (χ2v) is 2.80. The lowest BCUT2D eigenvalue weighted by Gasteiger charge is -2.06. The van der Waals surface area contributed by atoms with Crippen LogP contribution in [0, 0.1) is 0 Å². The summed E-state index contributed by atoms with van der Waals surface area (Å²) in [4.78, 5) is 11.0. The van der Waals surface area contributed by atoms with Crippen LogP contribution in [0.25, 0.3) is 0 Å². The Hall–Kier alpha value is -1.42. The Morgan fingerprint density at radius 2 is 2.07 bits per heavy atom. The smallest absolute Gasteiger partial charge is 0.313 e. The van der Waals surface area contributed by atoms with Crippen molar-refractivity contribution in [2.45, 2.75) is 12.5 Å². The van der Waals surface area contributed by atoms with E-state index in [2.05, 4.69) is 0 Å². The van der Waals surface area contributed by atoms with Crippen molar-refractivity contribution < 1.29 is 19.0 Å². The van der Waals surface area contributed by atoms with Gasteiger partial charge in [0.1, 0.15) is 12.4 Å². The van der Waals surface area contributed by atoms with Crippen LogP contribution in [0.3, 0.4) is 0 Å². The van der Waals surface area contributed by atoms with Crippen molar-refractivity contribution in [2.24, 2.45) is 0 Å². The number of esters is 1. The van der Waals surface area contributed by atoms with Crippen LogP contribution in [0.4, 0.5) is 4.39 Å². The Labute approximate surface area is 81.1 Å². The molecule has 0 aromatic heterocycles. The van der Waals surface area contributed by atoms with Gasteiger partial charge in [0.15, 0.2) is 0 Å². The van der Waals surface area contributed by atoms with Crippen LogP contribution < -0.4 is 4.74 Å². The van der Waals surface area contributed by atoms with Crippen molar-refractivity contribution in [1.29, 1.82) is 0 Å². The minimum atomic E-state index is -1.27. The van der Waals surface area contributed by atoms with Crippen LogP contribution in [0.5, 0.6) is 5.75 Å². The highest BCUT2D eigenvalue weighted by molar-refractivity contribution is 5.72. The number of ether oxygens (including phenoxy) is 1. The topological polar surface area (TPSA) is 46.5 Å². The number of alkyl halides is 1. The first kappa shape index (κ1) is 10.7. The SMILES string of the molecule is O=C(CC(O)CF)Oc1ccccc1. The first-order valence-electron chi connectivity index (χ1n) is 4.22. The largest absolute Gasteiger partial charge is 0.426 e. The Kier molecular flexibility index (Phi) is 4.07. The van der Waals surface area contributed by atoms with Gasteiger partial charge in [0.25, 0.3) is 0 Å². The summed E-state index contributed by atoms with van der Waals surface area (Å²) in [7, 11) is 0. The molecule has 1 atom stereocenters. The van der Waals surface area contributed by atoms with E-state index in [0.29, 0.717) is 5.75 Å². The van der Waals surface area contributed by atoms with Crippen LogP contribution in [-0.4, -0.2) is 23.9 Å². The summed E-state index contributed by atoms with van der Waals surface area (Å²) in [5.41, 5.74) is 0. The summed E-state index contributed by atoms with van der Waals surface area (Å²) in [6.07, 6.45) is -1.60. The maximum Gasteiger partial charge on any atom is 0.313 e. The first-order chi connectivity index (χ1) is 6.72. The summed E-state index contributed by atoms with van der Waals surface area (Å²) in [5.74, 6) is -0.245. The van der Waals surface area contributed by atoms with Crippen LogP contribution in [0.1, 0.15) is 6.42 Å². The molecule has 1 rings (SSSR count). The molecule has 0 fully saturated rings. The van der Waals surface area contributed by atoms with E-state index in [9.17, 15) is 9.18 Å². The van der Waals surface area contributed by atoms with Gasteiger partial charge >= 0.3 is 5.97 Å². The molecule has 0 aliphatic carbocycles. The molecule has 0 radical (unpaired) electrons. The molecule has 3 nitrogen and oxygen atoms in total. The molecule has 4 heteroatoms. The monoisotopic (exact) mass is 198 g/mol. The second-order valence-electron chi connectivity index (χ2n) is 2.80. The van der Waals surface area contributed by atoms with Gasteiger partial charge < -0.3 is 9.84 Å². The normalized spacial score (nSPS) is 12.1. The predicted molar refractivity (Wildman–Crippen MR) is 48.7 cm³/mol. The maximum atomic E-state index is 11.8. The molecular weight excluding hydrogens is 187 g/mol. The molecule has 0 bridgehead atoms. The Bertz CT molecular complexity index is 287. The van der Waals surface area contributed by atoms with E-state index < -0.39 is 18.7 Å². The molecule has 0 aliphatic rings. The fourth-order valence-corrected chi connectivity index (χ4v) is 0.909. The third-order valence-corrected chi connectivity index (χ3v) is 1.56. The second kappa shape index (κ2) is 5.34. The third-order valence-electron chi connectivity index (χ3n) is 1.56. The molecule has 0 saturated heterocycles. The standard InChI is InChI=1S/C10H11FO3/c11-7-8(12)6-10(13)14-9-4-2-1-3-5-9/h1-5,8,12H,6-7H2. The number of hydrogen-bond acceptors (Lipinski definition) is 3. The zero-order chi connectivity index (χ0) is 10.4. The Morgan fingerprint density at radius 3 is 2.64 bits per heavy atom. The average Bonchev–Trinajstić information content (AvgIpc) is 2.19. The zero-order valence-corrected chi connectivity index (χ0v) is 7.52. The van der Waals surface area contributed by atoms with Gasteiger partial charge in [-0.25, -0.2) is 4.39 Å². The number of para-hydroxylation sites is 1. The lowest BCUT2D eigenvalue weighted by Crippen LogP contribution is -2.19. The number of hydrogen-bond donors (Lipinski definition) is 1. The first-order valence-corrected chi connectivity index (χ1v) is 4.22. The van der Waals surface area contributed by atoms with Crippen LogP contribution in [0.15, 0.2) is 30.3 Å². The molecule has 1 N–H and O–H groups in total. The van der Waals surface area contributed by atoms with Gasteiger partial charge in [-0.15, -0.1) is 0 Å². The molecule has 0 spiro atoms. The van der Waals surface area contributed by atoms with E-state index in [1.165, 1.54) is 0 Å². The number of aliphatic hydroxyl groups excluding tert-OH is 1. The molecule has 76 valence electrons. The number of rotatable bonds is 4. The van der Waals surface area contributed by atoms with E-state index >= 15 is 0 Å². The van der Waals surface area contributed by atoms with Crippen molar-refractivity contribution in [2.75, 3.05) is 6.67 Å². The van der Waals surface area contributed by atoms with Gasteiger partial charge in [0.05, 0.1) is 12.5 Å². The maximum absolute atomic E-state index is 11.8. The molecule has 1 unspecified atom stereocenters. The molecule has 0 saturated carbocycles. The van der Waals surface area contributed by atoms with E-state index in [1.54, 1.807) is 30.3 Å². The summed E-state index contributed by atoms with van der Waals surface area (Å²) in [6.45, 7) is -0.941. The van der Waals surface area contributed by atoms with Crippen LogP contribution >= 0.6 is 0 Å². The molecule has 1 aromatic rings. The number of aliphatic hydroxyl groups is 1. The molecule has 0 heterocycles. The minimum absolute atomic E-state index is 0.328. The van der Waals surface area contributed by atoms with Gasteiger partial charge in [-0.1, -0.05) is 18.2 Å². The summed E-state index contributed by atoms with van der Waals surface area (Å²) >= 11 is 0. The van der Waals surface area contributed by atoms with Gasteiger partial charge in [-0.05, 0) is 12.1 Å². The number of benzene rings is 1. The van der Waals surface area contributed by atoms with Crippen molar-refractivity contribution in [3.8, 4) is 5.75 Å². The summed E-state index contributed by atoms with van der Waals surface area (Å²) in [5, 5.41) is 8.83. The number of carbonyl (C=O) groups excluding carboxylic acids is 1. The lowest BCUT2D eigenvalue weighted by molar-refractivity contribution is -0.136. The number of halogens is 1. The van der Waals surface area contributed by atoms with Crippen molar-refractivity contribution in [3.63, 3.8) is 0 Å². The summed E-state index contributed by atoms with van der Waals surface area (Å²) in [6, 6.07) is 8.44. The van der Waals surface area contributed by atoms with E-state index in [4.69, 9.17) is 9.84 Å². The summed E-state index contributed by atoms with van der Waals surface area (Å²) < 4.78 is 16.6. The van der Waals surface area contributed by atoms with Crippen molar-refractivity contribution in [3.05, 3.63) is 30.3 Å². The Balaban J connectivity index is 2.42. The molecule has 0 aliphatic heterocycles. The zero-order valence-electron chi connectivity index (χ0n) is 7.52. The molecular formula is C10H11FO3. The quantitative estimate of drug-likeness (QED) is 0.586. The highest BCUT2D eigenvalue weighted by atomic mass is 19.1. The molecule has 1 aromatic carbocycles.